The lowest BCUT2D eigenvalue weighted by atomic mass is 10.0. The van der Waals surface area contributed by atoms with E-state index in [4.69, 9.17) is 4.74 Å². The number of ketones is 1. The van der Waals surface area contributed by atoms with Gasteiger partial charge in [0.1, 0.15) is 11.5 Å². The van der Waals surface area contributed by atoms with Crippen molar-refractivity contribution >= 4 is 17.1 Å². The Morgan fingerprint density at radius 1 is 1.21 bits per heavy atom. The molecule has 0 aliphatic carbocycles. The van der Waals surface area contributed by atoms with Crippen LogP contribution in [0.1, 0.15) is 38.8 Å². The molecule has 0 aliphatic heterocycles. The third-order valence-corrected chi connectivity index (χ3v) is 3.56. The summed E-state index contributed by atoms with van der Waals surface area (Å²) in [5.74, 6) is 0.379. The fourth-order valence-electron chi connectivity index (χ4n) is 2.05. The highest BCUT2D eigenvalue weighted by molar-refractivity contribution is 6.05. The van der Waals surface area contributed by atoms with E-state index in [1.807, 2.05) is 32.9 Å². The van der Waals surface area contributed by atoms with E-state index in [1.54, 1.807) is 32.2 Å². The average Bonchev–Trinajstić information content (AvgIpc) is 2.54. The van der Waals surface area contributed by atoms with Crippen LogP contribution in [0.25, 0.3) is 5.57 Å². The summed E-state index contributed by atoms with van der Waals surface area (Å²) in [5.41, 5.74) is 3.11. The van der Waals surface area contributed by atoms with Crippen molar-refractivity contribution in [2.45, 2.75) is 34.6 Å². The predicted molar refractivity (Wildman–Crippen MR) is 97.4 cm³/mol. The fourth-order valence-corrected chi connectivity index (χ4v) is 2.05. The van der Waals surface area contributed by atoms with Crippen molar-refractivity contribution < 1.29 is 13.9 Å². The van der Waals surface area contributed by atoms with Crippen LogP contribution >= 0.6 is 0 Å². The molecule has 0 N–H and O–H groups in total. The van der Waals surface area contributed by atoms with Crippen LogP contribution in [0, 0.1) is 12.7 Å². The van der Waals surface area contributed by atoms with Crippen molar-refractivity contribution in [1.82, 2.24) is 0 Å². The van der Waals surface area contributed by atoms with Gasteiger partial charge in [0.2, 0.25) is 0 Å². The van der Waals surface area contributed by atoms with Crippen LogP contribution in [-0.4, -0.2) is 18.6 Å². The highest BCUT2D eigenvalue weighted by Crippen LogP contribution is 2.22. The van der Waals surface area contributed by atoms with Gasteiger partial charge in [-0.05, 0) is 68.7 Å². The number of aliphatic imine (C=N–C) groups is 1. The van der Waals surface area contributed by atoms with Crippen LogP contribution in [0.5, 0.6) is 0 Å². The summed E-state index contributed by atoms with van der Waals surface area (Å²) < 4.78 is 18.5. The van der Waals surface area contributed by atoms with Crippen LogP contribution in [-0.2, 0) is 9.53 Å². The number of ether oxygens (including phenoxy) is 1. The first-order chi connectivity index (χ1) is 11.3. The second-order valence-electron chi connectivity index (χ2n) is 5.59. The van der Waals surface area contributed by atoms with Crippen LogP contribution < -0.4 is 0 Å². The quantitative estimate of drug-likeness (QED) is 0.318. The number of nitrogens with zero attached hydrogens (tertiary/aromatic N) is 1. The van der Waals surface area contributed by atoms with E-state index in [-0.39, 0.29) is 11.6 Å². The molecule has 0 heterocycles. The zero-order chi connectivity index (χ0) is 18.3. The fraction of sp³-hybridized carbons (Fsp3) is 0.300. The molecule has 0 unspecified atom stereocenters. The monoisotopic (exact) mass is 329 g/mol. The van der Waals surface area contributed by atoms with Crippen molar-refractivity contribution in [1.29, 1.82) is 0 Å². The standard InChI is InChI=1S/C20H24FNO2/c1-13-12-18(10-11-19(13)21)16(4)20(17(5)23)22-14(2)8-7-9-15(3)24-6/h7-12H,1-6H3/b8-7-,15-9+,20-16+,22-14+. The van der Waals surface area contributed by atoms with Gasteiger partial charge in [-0.3, -0.25) is 4.79 Å². The van der Waals surface area contributed by atoms with Gasteiger partial charge in [-0.2, -0.15) is 0 Å². The summed E-state index contributed by atoms with van der Waals surface area (Å²) in [6.45, 7) is 8.65. The molecule has 24 heavy (non-hydrogen) atoms. The highest BCUT2D eigenvalue weighted by Gasteiger charge is 2.10. The molecule has 1 rings (SSSR count). The number of hydrogen-bond acceptors (Lipinski definition) is 3. The Morgan fingerprint density at radius 2 is 1.88 bits per heavy atom. The van der Waals surface area contributed by atoms with E-state index < -0.39 is 0 Å². The summed E-state index contributed by atoms with van der Waals surface area (Å²) in [7, 11) is 1.60. The number of Topliss-reactive ketones (excluding diaryl/α,β-unsaturated/α-hetero) is 1. The molecule has 0 aliphatic rings. The Hall–Kier alpha value is -2.49. The molecule has 1 aromatic rings. The molecule has 0 atom stereocenters. The molecule has 0 saturated heterocycles. The third kappa shape index (κ3) is 5.61. The molecule has 0 amide bonds. The summed E-state index contributed by atoms with van der Waals surface area (Å²) >= 11 is 0. The number of allylic oxidation sites excluding steroid dienone is 6. The minimum atomic E-state index is -0.265. The van der Waals surface area contributed by atoms with Crippen molar-refractivity contribution in [3.63, 3.8) is 0 Å². The van der Waals surface area contributed by atoms with Crippen LogP contribution in [0.15, 0.2) is 52.9 Å². The molecule has 128 valence electrons. The molecule has 0 fully saturated rings. The topological polar surface area (TPSA) is 38.7 Å². The van der Waals surface area contributed by atoms with E-state index in [9.17, 15) is 9.18 Å². The molecule has 0 aromatic heterocycles. The van der Waals surface area contributed by atoms with Crippen molar-refractivity contribution in [2.24, 2.45) is 4.99 Å². The zero-order valence-corrected chi connectivity index (χ0v) is 15.1. The number of hydrogen-bond donors (Lipinski definition) is 0. The van der Waals surface area contributed by atoms with E-state index >= 15 is 0 Å². The Morgan fingerprint density at radius 3 is 2.42 bits per heavy atom. The Kier molecular flexibility index (Phi) is 7.31. The normalized spacial score (nSPS) is 14.0. The highest BCUT2D eigenvalue weighted by atomic mass is 19.1. The second kappa shape index (κ2) is 8.96. The Labute approximate surface area is 143 Å². The van der Waals surface area contributed by atoms with Gasteiger partial charge in [-0.1, -0.05) is 12.1 Å². The minimum absolute atomic E-state index is 0.133. The van der Waals surface area contributed by atoms with Crippen molar-refractivity contribution in [3.05, 3.63) is 64.8 Å². The van der Waals surface area contributed by atoms with Crippen molar-refractivity contribution in [3.8, 4) is 0 Å². The van der Waals surface area contributed by atoms with Gasteiger partial charge in [-0.25, -0.2) is 9.38 Å². The summed E-state index contributed by atoms with van der Waals surface area (Å²) in [6.07, 6.45) is 5.42. The molecule has 0 radical (unpaired) electrons. The molecular weight excluding hydrogens is 305 g/mol. The zero-order valence-electron chi connectivity index (χ0n) is 15.1. The van der Waals surface area contributed by atoms with E-state index in [0.29, 0.717) is 17.0 Å². The smallest absolute Gasteiger partial charge is 0.178 e. The largest absolute Gasteiger partial charge is 0.501 e. The van der Waals surface area contributed by atoms with E-state index in [0.717, 1.165) is 16.9 Å². The maximum Gasteiger partial charge on any atom is 0.178 e. The maximum atomic E-state index is 13.4. The first-order valence-corrected chi connectivity index (χ1v) is 7.68. The van der Waals surface area contributed by atoms with Crippen LogP contribution in [0.3, 0.4) is 0 Å². The first-order valence-electron chi connectivity index (χ1n) is 7.68. The molecule has 3 nitrogen and oxygen atoms in total. The van der Waals surface area contributed by atoms with Gasteiger partial charge in [0.05, 0.1) is 12.9 Å². The van der Waals surface area contributed by atoms with Crippen molar-refractivity contribution in [2.75, 3.05) is 7.11 Å². The molecule has 0 spiro atoms. The van der Waals surface area contributed by atoms with Gasteiger partial charge in [0.15, 0.2) is 5.78 Å². The lowest BCUT2D eigenvalue weighted by molar-refractivity contribution is -0.113. The number of benzene rings is 1. The summed E-state index contributed by atoms with van der Waals surface area (Å²) in [4.78, 5) is 16.4. The number of rotatable bonds is 6. The van der Waals surface area contributed by atoms with Gasteiger partial charge in [-0.15, -0.1) is 0 Å². The van der Waals surface area contributed by atoms with Gasteiger partial charge in [0.25, 0.3) is 0 Å². The Bertz CT molecular complexity index is 740. The summed E-state index contributed by atoms with van der Waals surface area (Å²) in [6, 6.07) is 4.78. The average molecular weight is 329 g/mol. The van der Waals surface area contributed by atoms with E-state index in [2.05, 4.69) is 4.99 Å². The van der Waals surface area contributed by atoms with Crippen LogP contribution in [0.4, 0.5) is 4.39 Å². The third-order valence-electron chi connectivity index (χ3n) is 3.56. The lowest BCUT2D eigenvalue weighted by Crippen LogP contribution is -2.01. The SMILES string of the molecule is CO/C(C)=C/C=C\C(C)=N\C(C(C)=O)=C(/C)c1ccc(F)c(C)c1. The molecule has 0 saturated carbocycles. The Balaban J connectivity index is 3.23. The number of aryl methyl sites for hydroxylation is 1. The van der Waals surface area contributed by atoms with Gasteiger partial charge >= 0.3 is 0 Å². The molecule has 1 aromatic carbocycles. The number of carbonyl (C=O) groups excluding carboxylic acids is 1. The molecular formula is C20H24FNO2. The predicted octanol–water partition coefficient (Wildman–Crippen LogP) is 5.02. The lowest BCUT2D eigenvalue weighted by Gasteiger charge is -2.08. The minimum Gasteiger partial charge on any atom is -0.501 e. The maximum absolute atomic E-state index is 13.4. The van der Waals surface area contributed by atoms with Crippen LogP contribution in [0.2, 0.25) is 0 Å². The number of methoxy groups -OCH3 is 1. The first kappa shape index (κ1) is 19.6. The summed E-state index contributed by atoms with van der Waals surface area (Å²) in [5, 5.41) is 0. The van der Waals surface area contributed by atoms with Gasteiger partial charge in [0, 0.05) is 12.6 Å². The number of carbonyl (C=O) groups is 1. The molecule has 4 heteroatoms. The van der Waals surface area contributed by atoms with Gasteiger partial charge < -0.3 is 4.74 Å². The number of halogens is 1. The second-order valence-corrected chi connectivity index (χ2v) is 5.59. The molecule has 0 bridgehead atoms. The van der Waals surface area contributed by atoms with E-state index in [1.165, 1.54) is 13.0 Å².